The van der Waals surface area contributed by atoms with E-state index in [-0.39, 0.29) is 11.9 Å². The van der Waals surface area contributed by atoms with Crippen molar-refractivity contribution in [1.29, 1.82) is 0 Å². The molecule has 6 heteroatoms. The Bertz CT molecular complexity index is 389. The number of carbonyl (C=O) groups is 1. The summed E-state index contributed by atoms with van der Waals surface area (Å²) in [6.07, 6.45) is 3.58. The van der Waals surface area contributed by atoms with Gasteiger partial charge in [0.25, 0.3) is 0 Å². The Hall–Kier alpha value is -1.40. The van der Waals surface area contributed by atoms with E-state index in [9.17, 15) is 4.79 Å². The lowest BCUT2D eigenvalue weighted by Crippen LogP contribution is -2.51. The minimum absolute atomic E-state index is 0.167. The molecule has 1 amide bonds. The fraction of sp³-hybridized carbons (Fsp3) is 0.667. The number of nitrogens with one attached hydrogen (secondary N) is 1. The van der Waals surface area contributed by atoms with Gasteiger partial charge >= 0.3 is 0 Å². The van der Waals surface area contributed by atoms with Crippen molar-refractivity contribution >= 4 is 5.91 Å². The minimum Gasteiger partial charge on any atom is -0.347 e. The number of piperazine rings is 1. The zero-order valence-electron chi connectivity index (χ0n) is 11.3. The summed E-state index contributed by atoms with van der Waals surface area (Å²) in [7, 11) is 5.90. The van der Waals surface area contributed by atoms with Crippen LogP contribution in [0.15, 0.2) is 12.4 Å². The summed E-state index contributed by atoms with van der Waals surface area (Å²) in [5, 5.41) is 0. The zero-order valence-corrected chi connectivity index (χ0v) is 11.3. The zero-order chi connectivity index (χ0) is 13.1. The summed E-state index contributed by atoms with van der Waals surface area (Å²) in [4.78, 5) is 25.6. The highest BCUT2D eigenvalue weighted by molar-refractivity contribution is 5.78. The molecule has 1 atom stereocenters. The van der Waals surface area contributed by atoms with Crippen molar-refractivity contribution in [2.45, 2.75) is 6.04 Å². The summed E-state index contributed by atoms with van der Waals surface area (Å²) in [6, 6.07) is 0.167. The molecule has 1 aromatic rings. The van der Waals surface area contributed by atoms with Gasteiger partial charge in [0, 0.05) is 32.0 Å². The molecule has 0 aromatic carbocycles. The van der Waals surface area contributed by atoms with E-state index in [1.54, 1.807) is 6.20 Å². The smallest absolute Gasteiger partial charge is 0.236 e. The van der Waals surface area contributed by atoms with Gasteiger partial charge in [-0.15, -0.1) is 0 Å². The number of aromatic amines is 1. The molecule has 6 nitrogen and oxygen atoms in total. The quantitative estimate of drug-likeness (QED) is 0.807. The lowest BCUT2D eigenvalue weighted by Gasteiger charge is -2.38. The maximum atomic E-state index is 12.1. The van der Waals surface area contributed by atoms with Gasteiger partial charge in [-0.25, -0.2) is 4.98 Å². The van der Waals surface area contributed by atoms with Gasteiger partial charge in [0.1, 0.15) is 5.82 Å². The number of likely N-dealkylation sites (N-methyl/N-ethyl adjacent to an activating group) is 2. The van der Waals surface area contributed by atoms with Crippen molar-refractivity contribution in [1.82, 2.24) is 24.7 Å². The first-order valence-electron chi connectivity index (χ1n) is 6.20. The molecule has 0 saturated carbocycles. The topological polar surface area (TPSA) is 55.5 Å². The second kappa shape index (κ2) is 5.49. The van der Waals surface area contributed by atoms with Crippen LogP contribution in [0, 0.1) is 0 Å². The van der Waals surface area contributed by atoms with Crippen molar-refractivity contribution in [3.8, 4) is 0 Å². The molecule has 1 aromatic heterocycles. The molecule has 0 aliphatic carbocycles. The van der Waals surface area contributed by atoms with Crippen LogP contribution in [0.4, 0.5) is 0 Å². The van der Waals surface area contributed by atoms with E-state index in [0.29, 0.717) is 13.1 Å². The number of amides is 1. The highest BCUT2D eigenvalue weighted by Crippen LogP contribution is 2.20. The molecule has 0 unspecified atom stereocenters. The van der Waals surface area contributed by atoms with Gasteiger partial charge in [-0.2, -0.15) is 0 Å². The fourth-order valence-electron chi connectivity index (χ4n) is 2.23. The first kappa shape index (κ1) is 13.0. The third kappa shape index (κ3) is 2.88. The van der Waals surface area contributed by atoms with Gasteiger partial charge in [-0.3, -0.25) is 9.69 Å². The molecule has 0 bridgehead atoms. The first-order valence-corrected chi connectivity index (χ1v) is 6.20. The first-order chi connectivity index (χ1) is 8.58. The molecule has 1 fully saturated rings. The van der Waals surface area contributed by atoms with Crippen molar-refractivity contribution in [3.63, 3.8) is 0 Å². The third-order valence-electron chi connectivity index (χ3n) is 3.29. The average Bonchev–Trinajstić information content (AvgIpc) is 2.82. The molecule has 1 aliphatic heterocycles. The van der Waals surface area contributed by atoms with E-state index in [0.717, 1.165) is 18.9 Å². The maximum Gasteiger partial charge on any atom is 0.236 e. The molecule has 100 valence electrons. The van der Waals surface area contributed by atoms with Crippen molar-refractivity contribution < 1.29 is 4.79 Å². The van der Waals surface area contributed by atoms with Crippen LogP contribution in [0.2, 0.25) is 0 Å². The number of rotatable bonds is 3. The van der Waals surface area contributed by atoms with Crippen molar-refractivity contribution in [2.24, 2.45) is 0 Å². The van der Waals surface area contributed by atoms with Crippen molar-refractivity contribution in [2.75, 3.05) is 47.3 Å². The molecule has 1 saturated heterocycles. The molecular formula is C12H21N5O. The molecule has 1 N–H and O–H groups in total. The van der Waals surface area contributed by atoms with Crippen LogP contribution in [-0.4, -0.2) is 77.9 Å². The van der Waals surface area contributed by atoms with E-state index in [1.165, 1.54) is 0 Å². The van der Waals surface area contributed by atoms with Crippen LogP contribution < -0.4 is 0 Å². The largest absolute Gasteiger partial charge is 0.347 e. The summed E-state index contributed by atoms with van der Waals surface area (Å²) < 4.78 is 0. The monoisotopic (exact) mass is 251 g/mol. The van der Waals surface area contributed by atoms with Crippen LogP contribution in [0.3, 0.4) is 0 Å². The molecule has 2 heterocycles. The van der Waals surface area contributed by atoms with Gasteiger partial charge in [-0.05, 0) is 21.1 Å². The number of hydrogen-bond acceptors (Lipinski definition) is 4. The van der Waals surface area contributed by atoms with E-state index in [4.69, 9.17) is 0 Å². The van der Waals surface area contributed by atoms with Gasteiger partial charge in [0.05, 0.1) is 12.6 Å². The number of hydrogen-bond donors (Lipinski definition) is 1. The summed E-state index contributed by atoms with van der Waals surface area (Å²) in [5.74, 6) is 1.12. The van der Waals surface area contributed by atoms with E-state index >= 15 is 0 Å². The number of carbonyl (C=O) groups excluding carboxylic acids is 1. The Morgan fingerprint density at radius 1 is 1.56 bits per heavy atom. The SMILES string of the molecule is CN(C)CC(=O)N1CCN(C)[C@@H](c2ncc[nH]2)C1. The lowest BCUT2D eigenvalue weighted by molar-refractivity contribution is -0.134. The Morgan fingerprint density at radius 2 is 2.33 bits per heavy atom. The Morgan fingerprint density at radius 3 is 2.94 bits per heavy atom. The summed E-state index contributed by atoms with van der Waals surface area (Å²) in [6.45, 7) is 2.84. The second-order valence-electron chi connectivity index (χ2n) is 5.05. The maximum absolute atomic E-state index is 12.1. The normalized spacial score (nSPS) is 21.6. The number of nitrogens with zero attached hydrogens (tertiary/aromatic N) is 4. The standard InChI is InChI=1S/C12H21N5O/c1-15(2)9-11(18)17-7-6-16(3)10(8-17)12-13-4-5-14-12/h4-5,10H,6-9H2,1-3H3,(H,13,14)/t10-/m1/s1. The van der Waals surface area contributed by atoms with Crippen molar-refractivity contribution in [3.05, 3.63) is 18.2 Å². The second-order valence-corrected chi connectivity index (χ2v) is 5.05. The summed E-state index contributed by atoms with van der Waals surface area (Å²) in [5.41, 5.74) is 0. The van der Waals surface area contributed by atoms with E-state index < -0.39 is 0 Å². The number of imidazole rings is 1. The Labute approximate surface area is 108 Å². The van der Waals surface area contributed by atoms with Crippen LogP contribution >= 0.6 is 0 Å². The van der Waals surface area contributed by atoms with Crippen LogP contribution in [0.1, 0.15) is 11.9 Å². The number of aromatic nitrogens is 2. The van der Waals surface area contributed by atoms with E-state index in [1.807, 2.05) is 30.1 Å². The van der Waals surface area contributed by atoms with Gasteiger partial charge < -0.3 is 14.8 Å². The third-order valence-corrected chi connectivity index (χ3v) is 3.29. The van der Waals surface area contributed by atoms with Crippen LogP contribution in [-0.2, 0) is 4.79 Å². The molecule has 0 spiro atoms. The van der Waals surface area contributed by atoms with Crippen LogP contribution in [0.5, 0.6) is 0 Å². The molecule has 2 rings (SSSR count). The minimum atomic E-state index is 0.167. The van der Waals surface area contributed by atoms with Gasteiger partial charge in [-0.1, -0.05) is 0 Å². The Balaban J connectivity index is 2.02. The van der Waals surface area contributed by atoms with E-state index in [2.05, 4.69) is 21.9 Å². The predicted octanol–water partition coefficient (Wildman–Crippen LogP) is -0.214. The van der Waals surface area contributed by atoms with Gasteiger partial charge in [0.15, 0.2) is 0 Å². The molecule has 1 aliphatic rings. The predicted molar refractivity (Wildman–Crippen MR) is 69.1 cm³/mol. The number of H-pyrrole nitrogens is 1. The summed E-state index contributed by atoms with van der Waals surface area (Å²) >= 11 is 0. The highest BCUT2D eigenvalue weighted by Gasteiger charge is 2.29. The Kier molecular flexibility index (Phi) is 3.98. The fourth-order valence-corrected chi connectivity index (χ4v) is 2.23. The lowest BCUT2D eigenvalue weighted by atomic mass is 10.1. The van der Waals surface area contributed by atoms with Crippen LogP contribution in [0.25, 0.3) is 0 Å². The molecular weight excluding hydrogens is 230 g/mol. The molecule has 18 heavy (non-hydrogen) atoms. The average molecular weight is 251 g/mol. The molecule has 0 radical (unpaired) electrons. The highest BCUT2D eigenvalue weighted by atomic mass is 16.2. The van der Waals surface area contributed by atoms with Gasteiger partial charge in [0.2, 0.25) is 5.91 Å².